The molecule has 0 aliphatic rings. The largest absolute Gasteiger partial charge is 0.481 e. The van der Waals surface area contributed by atoms with Gasteiger partial charge in [0.25, 0.3) is 0 Å². The van der Waals surface area contributed by atoms with Crippen molar-refractivity contribution in [3.8, 4) is 0 Å². The van der Waals surface area contributed by atoms with E-state index in [-0.39, 0.29) is 29.9 Å². The Bertz CT molecular complexity index is 97.1. The second-order valence-corrected chi connectivity index (χ2v) is 1.29. The number of rotatable bonds is 3. The maximum absolute atomic E-state index is 9.64. The summed E-state index contributed by atoms with van der Waals surface area (Å²) in [4.78, 5) is 19.3. The molecule has 4 nitrogen and oxygen atoms in total. The fourth-order valence-corrected chi connectivity index (χ4v) is 0.214. The van der Waals surface area contributed by atoms with Gasteiger partial charge in [-0.1, -0.05) is 0 Å². The monoisotopic (exact) mass is 181 g/mol. The Balaban J connectivity index is 0. The van der Waals surface area contributed by atoms with Crippen LogP contribution < -0.4 is 0 Å². The third-order valence-corrected chi connectivity index (χ3v) is 0.553. The maximum Gasteiger partial charge on any atom is 0.303 e. The van der Waals surface area contributed by atoms with Crippen LogP contribution in [-0.4, -0.2) is 22.2 Å². The summed E-state index contributed by atoms with van der Waals surface area (Å²) in [6, 6.07) is 0. The van der Waals surface area contributed by atoms with Gasteiger partial charge < -0.3 is 10.2 Å². The molecule has 0 saturated carbocycles. The number of carboxylic acids is 2. The van der Waals surface area contributed by atoms with E-state index in [1.54, 1.807) is 0 Å². The van der Waals surface area contributed by atoms with Crippen LogP contribution in [0.4, 0.5) is 0 Å². The van der Waals surface area contributed by atoms with Crippen molar-refractivity contribution in [2.24, 2.45) is 0 Å². The van der Waals surface area contributed by atoms with Crippen LogP contribution in [0.2, 0.25) is 0 Å². The molecule has 0 bridgehead atoms. The number of hydrogen-bond donors (Lipinski definition) is 2. The van der Waals surface area contributed by atoms with Crippen LogP contribution in [0.25, 0.3) is 0 Å². The fourth-order valence-electron chi connectivity index (χ4n) is 0.214. The second-order valence-electron chi connectivity index (χ2n) is 1.29. The van der Waals surface area contributed by atoms with E-state index >= 15 is 0 Å². The summed E-state index contributed by atoms with van der Waals surface area (Å²) >= 11 is 0. The Morgan fingerprint density at radius 3 is 1.33 bits per heavy atom. The first-order valence-electron chi connectivity index (χ1n) is 2.06. The van der Waals surface area contributed by atoms with Gasteiger partial charge in [-0.25, -0.2) is 0 Å². The van der Waals surface area contributed by atoms with E-state index in [1.165, 1.54) is 0 Å². The van der Waals surface area contributed by atoms with Gasteiger partial charge in [0.05, 0.1) is 12.8 Å². The van der Waals surface area contributed by atoms with Crippen molar-refractivity contribution in [1.82, 2.24) is 0 Å². The molecule has 0 aliphatic heterocycles. The summed E-state index contributed by atoms with van der Waals surface area (Å²) in [5.41, 5.74) is 0. The van der Waals surface area contributed by atoms with Crippen molar-refractivity contribution >= 4 is 11.9 Å². The van der Waals surface area contributed by atoms with E-state index in [2.05, 4.69) is 0 Å². The average Bonchev–Trinajstić information content (AvgIpc) is 1.61. The van der Waals surface area contributed by atoms with Crippen LogP contribution in [-0.2, 0) is 26.7 Å². The van der Waals surface area contributed by atoms with E-state index in [9.17, 15) is 9.59 Å². The Kier molecular flexibility index (Phi) is 7.01. The normalized spacial score (nSPS) is 7.56. The molecule has 1 radical (unpaired) electrons. The van der Waals surface area contributed by atoms with Crippen LogP contribution in [0.5, 0.6) is 0 Å². The number of carboxylic acid groups (broad SMARTS) is 2. The first-order valence-corrected chi connectivity index (χ1v) is 2.06. The predicted octanol–water partition coefficient (Wildman–Crippen LogP) is -0.0667. The van der Waals surface area contributed by atoms with Gasteiger partial charge in [-0.15, -0.1) is 0 Å². The summed E-state index contributed by atoms with van der Waals surface area (Å²) in [5.74, 6) is -2.15. The zero-order chi connectivity index (χ0) is 6.57. The molecule has 57 valence electrons. The van der Waals surface area contributed by atoms with Gasteiger partial charge in [0, 0.05) is 17.1 Å². The molecule has 0 aliphatic carbocycles. The van der Waals surface area contributed by atoms with Crippen molar-refractivity contribution in [3.05, 3.63) is 0 Å². The predicted molar refractivity (Wildman–Crippen MR) is 24.5 cm³/mol. The van der Waals surface area contributed by atoms with Crippen LogP contribution in [0.15, 0.2) is 0 Å². The van der Waals surface area contributed by atoms with E-state index in [0.29, 0.717) is 0 Å². The van der Waals surface area contributed by atoms with Gasteiger partial charge in [0.15, 0.2) is 0 Å². The van der Waals surface area contributed by atoms with Crippen molar-refractivity contribution in [3.63, 3.8) is 0 Å². The molecule has 0 heterocycles. The molecule has 5 heteroatoms. The van der Waals surface area contributed by atoms with Crippen LogP contribution in [0.3, 0.4) is 0 Å². The molecule has 0 aromatic rings. The fraction of sp³-hybridized carbons (Fsp3) is 0.500. The molecule has 0 rings (SSSR count). The van der Waals surface area contributed by atoms with Crippen LogP contribution >= 0.6 is 0 Å². The number of aliphatic carboxylic acids is 2. The molecule has 0 saturated heterocycles. The Labute approximate surface area is 62.3 Å². The van der Waals surface area contributed by atoms with Gasteiger partial charge >= 0.3 is 11.9 Å². The summed E-state index contributed by atoms with van der Waals surface area (Å²) in [7, 11) is 0. The Morgan fingerprint density at radius 2 is 1.22 bits per heavy atom. The number of carbonyl (C=O) groups is 2. The van der Waals surface area contributed by atoms with Crippen molar-refractivity contribution in [2.75, 3.05) is 0 Å². The van der Waals surface area contributed by atoms with E-state index < -0.39 is 11.9 Å². The summed E-state index contributed by atoms with van der Waals surface area (Å²) < 4.78 is 0. The third-order valence-electron chi connectivity index (χ3n) is 0.553. The molecule has 0 spiro atoms. The van der Waals surface area contributed by atoms with Crippen LogP contribution in [0.1, 0.15) is 12.8 Å². The average molecular weight is 182 g/mol. The zero-order valence-corrected chi connectivity index (χ0v) is 5.37. The molecule has 9 heavy (non-hydrogen) atoms. The number of hydrogen-bond acceptors (Lipinski definition) is 2. The third kappa shape index (κ3) is 11.2. The molecule has 0 atom stereocenters. The van der Waals surface area contributed by atoms with Crippen molar-refractivity contribution in [2.45, 2.75) is 12.8 Å². The minimum atomic E-state index is -1.08. The van der Waals surface area contributed by atoms with E-state index in [0.717, 1.165) is 0 Å². The molecule has 0 unspecified atom stereocenters. The summed E-state index contributed by atoms with van der Waals surface area (Å²) in [6.07, 6.45) is -0.593. The van der Waals surface area contributed by atoms with Gasteiger partial charge in [-0.2, -0.15) is 0 Å². The Morgan fingerprint density at radius 1 is 1.00 bits per heavy atom. The topological polar surface area (TPSA) is 74.6 Å². The molecule has 0 fully saturated rings. The molecular weight excluding hydrogens is 176 g/mol. The first-order chi connectivity index (χ1) is 3.63. The van der Waals surface area contributed by atoms with Gasteiger partial charge in [0.1, 0.15) is 0 Å². The van der Waals surface area contributed by atoms with Crippen LogP contribution in [0, 0.1) is 0 Å². The molecule has 2 N–H and O–H groups in total. The minimum Gasteiger partial charge on any atom is -0.481 e. The van der Waals surface area contributed by atoms with Crippen molar-refractivity contribution in [1.29, 1.82) is 0 Å². The Hall–Kier alpha value is -0.541. The maximum atomic E-state index is 9.64. The summed E-state index contributed by atoms with van der Waals surface area (Å²) in [5, 5.41) is 15.8. The molecule has 0 aromatic heterocycles. The second kappa shape index (κ2) is 5.59. The van der Waals surface area contributed by atoms with Gasteiger partial charge in [0.2, 0.25) is 0 Å². The van der Waals surface area contributed by atoms with E-state index in [1.807, 2.05) is 0 Å². The smallest absolute Gasteiger partial charge is 0.303 e. The van der Waals surface area contributed by atoms with Gasteiger partial charge in [-0.3, -0.25) is 9.59 Å². The molecule has 0 aromatic carbocycles. The molecule has 0 amide bonds. The van der Waals surface area contributed by atoms with E-state index in [4.69, 9.17) is 10.2 Å². The minimum absolute atomic E-state index is 0. The van der Waals surface area contributed by atoms with Crippen molar-refractivity contribution < 1.29 is 36.9 Å². The van der Waals surface area contributed by atoms with Gasteiger partial charge in [-0.05, 0) is 0 Å². The standard InChI is InChI=1S/C4H6O4.Cu/c5-3(6)1-2-4(7)8;/h1-2H2,(H,5,6)(H,7,8);. The quantitative estimate of drug-likeness (QED) is 0.598. The first kappa shape index (κ1) is 11.3. The summed E-state index contributed by atoms with van der Waals surface area (Å²) in [6.45, 7) is 0. The molecular formula is C4H6CuO4. The SMILES string of the molecule is O=C(O)CCC(=O)O.[Cu]. The zero-order valence-electron chi connectivity index (χ0n) is 4.43.